The first kappa shape index (κ1) is 10.0. The van der Waals surface area contributed by atoms with Gasteiger partial charge in [-0.05, 0) is 46.8 Å². The fourth-order valence-electron chi connectivity index (χ4n) is 1.96. The zero-order valence-corrected chi connectivity index (χ0v) is 10.1. The Balaban J connectivity index is 2.12. The molecule has 1 aliphatic rings. The molecule has 0 aromatic heterocycles. The number of anilines is 1. The number of hydrogen-bond acceptors (Lipinski definition) is 1. The number of benzene rings is 1. The van der Waals surface area contributed by atoms with Crippen LogP contribution in [0.3, 0.4) is 0 Å². The maximum atomic E-state index is 3.61. The van der Waals surface area contributed by atoms with Crippen molar-refractivity contribution in [2.75, 3.05) is 18.0 Å². The Morgan fingerprint density at radius 2 is 1.86 bits per heavy atom. The van der Waals surface area contributed by atoms with Gasteiger partial charge < -0.3 is 4.90 Å². The van der Waals surface area contributed by atoms with Gasteiger partial charge in [0.1, 0.15) is 0 Å². The Kier molecular flexibility index (Phi) is 3.12. The molecule has 1 fully saturated rings. The van der Waals surface area contributed by atoms with Crippen LogP contribution in [0.1, 0.15) is 19.8 Å². The van der Waals surface area contributed by atoms with Crippen LogP contribution in [0.5, 0.6) is 0 Å². The Morgan fingerprint density at radius 1 is 1.21 bits per heavy atom. The van der Waals surface area contributed by atoms with Crippen LogP contribution in [0, 0.1) is 5.92 Å². The largest absolute Gasteiger partial charge is 0.371 e. The molecule has 1 aliphatic heterocycles. The molecule has 1 nitrogen and oxygen atoms in total. The number of para-hydroxylation sites is 1. The van der Waals surface area contributed by atoms with Crippen LogP contribution in [-0.4, -0.2) is 13.1 Å². The lowest BCUT2D eigenvalue weighted by atomic mass is 9.99. The highest BCUT2D eigenvalue weighted by molar-refractivity contribution is 9.10. The predicted octanol–water partition coefficient (Wildman–Crippen LogP) is 3.69. The molecule has 2 rings (SSSR count). The first-order valence-corrected chi connectivity index (χ1v) is 6.06. The summed E-state index contributed by atoms with van der Waals surface area (Å²) in [4.78, 5) is 2.48. The Labute approximate surface area is 94.2 Å². The highest BCUT2D eigenvalue weighted by atomic mass is 79.9. The zero-order chi connectivity index (χ0) is 9.97. The molecule has 14 heavy (non-hydrogen) atoms. The molecule has 0 N–H and O–H groups in total. The SMILES string of the molecule is CC1CCN(c2ccccc2Br)CC1. The Morgan fingerprint density at radius 3 is 2.50 bits per heavy atom. The van der Waals surface area contributed by atoms with E-state index >= 15 is 0 Å². The normalized spacial score (nSPS) is 18.6. The van der Waals surface area contributed by atoms with E-state index in [9.17, 15) is 0 Å². The van der Waals surface area contributed by atoms with Crippen molar-refractivity contribution < 1.29 is 0 Å². The van der Waals surface area contributed by atoms with Crippen LogP contribution in [0.25, 0.3) is 0 Å². The van der Waals surface area contributed by atoms with Crippen molar-refractivity contribution in [3.8, 4) is 0 Å². The standard InChI is InChI=1S/C12H16BrN/c1-10-6-8-14(9-7-10)12-5-3-2-4-11(12)13/h2-5,10H,6-9H2,1H3. The number of rotatable bonds is 1. The summed E-state index contributed by atoms with van der Waals surface area (Å²) in [5.74, 6) is 0.897. The maximum Gasteiger partial charge on any atom is 0.0510 e. The van der Waals surface area contributed by atoms with Crippen LogP contribution < -0.4 is 4.90 Å². The lowest BCUT2D eigenvalue weighted by Crippen LogP contribution is -2.32. The molecule has 76 valence electrons. The van der Waals surface area contributed by atoms with Gasteiger partial charge in [-0.15, -0.1) is 0 Å². The molecule has 0 radical (unpaired) electrons. The summed E-state index contributed by atoms with van der Waals surface area (Å²) >= 11 is 3.61. The lowest BCUT2D eigenvalue weighted by Gasteiger charge is -2.32. The molecule has 2 heteroatoms. The lowest BCUT2D eigenvalue weighted by molar-refractivity contribution is 0.438. The quantitative estimate of drug-likeness (QED) is 0.738. The van der Waals surface area contributed by atoms with Gasteiger partial charge in [-0.1, -0.05) is 19.1 Å². The van der Waals surface area contributed by atoms with Crippen LogP contribution in [0.15, 0.2) is 28.7 Å². The minimum absolute atomic E-state index is 0.897. The molecule has 0 spiro atoms. The van der Waals surface area contributed by atoms with Crippen molar-refractivity contribution in [3.05, 3.63) is 28.7 Å². The van der Waals surface area contributed by atoms with Crippen LogP contribution in [-0.2, 0) is 0 Å². The molecular weight excluding hydrogens is 238 g/mol. The highest BCUT2D eigenvalue weighted by Crippen LogP contribution is 2.29. The fraction of sp³-hybridized carbons (Fsp3) is 0.500. The van der Waals surface area contributed by atoms with Gasteiger partial charge in [0.2, 0.25) is 0 Å². The van der Waals surface area contributed by atoms with E-state index in [1.54, 1.807) is 0 Å². The summed E-state index contributed by atoms with van der Waals surface area (Å²) in [6, 6.07) is 8.49. The third-order valence-corrected chi connectivity index (χ3v) is 3.65. The molecule has 0 saturated carbocycles. The minimum Gasteiger partial charge on any atom is -0.371 e. The molecule has 0 aliphatic carbocycles. The molecule has 0 bridgehead atoms. The van der Waals surface area contributed by atoms with Gasteiger partial charge in [-0.2, -0.15) is 0 Å². The fourth-order valence-corrected chi connectivity index (χ4v) is 2.49. The molecule has 0 atom stereocenters. The second kappa shape index (κ2) is 4.35. The number of piperidine rings is 1. The van der Waals surface area contributed by atoms with Gasteiger partial charge in [-0.3, -0.25) is 0 Å². The molecule has 1 saturated heterocycles. The van der Waals surface area contributed by atoms with E-state index in [0.29, 0.717) is 0 Å². The van der Waals surface area contributed by atoms with Gasteiger partial charge in [0, 0.05) is 17.6 Å². The number of nitrogens with zero attached hydrogens (tertiary/aromatic N) is 1. The molecule has 1 aromatic rings. The van der Waals surface area contributed by atoms with Crippen molar-refractivity contribution >= 4 is 21.6 Å². The van der Waals surface area contributed by atoms with E-state index in [-0.39, 0.29) is 0 Å². The molecule has 1 heterocycles. The molecule has 0 amide bonds. The predicted molar refractivity (Wildman–Crippen MR) is 64.8 cm³/mol. The van der Waals surface area contributed by atoms with Crippen LogP contribution in [0.2, 0.25) is 0 Å². The van der Waals surface area contributed by atoms with Gasteiger partial charge in [0.15, 0.2) is 0 Å². The summed E-state index contributed by atoms with van der Waals surface area (Å²) in [6.07, 6.45) is 2.64. The van der Waals surface area contributed by atoms with E-state index in [2.05, 4.69) is 52.0 Å². The van der Waals surface area contributed by atoms with Gasteiger partial charge >= 0.3 is 0 Å². The van der Waals surface area contributed by atoms with Crippen molar-refractivity contribution in [1.29, 1.82) is 0 Å². The number of hydrogen-bond donors (Lipinski definition) is 0. The van der Waals surface area contributed by atoms with Crippen molar-refractivity contribution in [1.82, 2.24) is 0 Å². The topological polar surface area (TPSA) is 3.24 Å². The smallest absolute Gasteiger partial charge is 0.0510 e. The van der Waals surface area contributed by atoms with Gasteiger partial charge in [-0.25, -0.2) is 0 Å². The third kappa shape index (κ3) is 2.11. The molecular formula is C12H16BrN. The van der Waals surface area contributed by atoms with E-state index in [0.717, 1.165) is 5.92 Å². The van der Waals surface area contributed by atoms with E-state index < -0.39 is 0 Å². The van der Waals surface area contributed by atoms with E-state index in [1.807, 2.05) is 0 Å². The average molecular weight is 254 g/mol. The van der Waals surface area contributed by atoms with Gasteiger partial charge in [0.25, 0.3) is 0 Å². The van der Waals surface area contributed by atoms with Crippen LogP contribution in [0.4, 0.5) is 5.69 Å². The second-order valence-corrected chi connectivity index (χ2v) is 4.98. The van der Waals surface area contributed by atoms with Crippen LogP contribution >= 0.6 is 15.9 Å². The van der Waals surface area contributed by atoms with Gasteiger partial charge in [0.05, 0.1) is 5.69 Å². The number of halogens is 1. The average Bonchev–Trinajstić information content (AvgIpc) is 2.20. The summed E-state index contributed by atoms with van der Waals surface area (Å²) < 4.78 is 1.22. The maximum absolute atomic E-state index is 3.61. The Bertz CT molecular complexity index is 303. The summed E-state index contributed by atoms with van der Waals surface area (Å²) in [7, 11) is 0. The van der Waals surface area contributed by atoms with E-state index in [1.165, 1.54) is 36.1 Å². The molecule has 0 unspecified atom stereocenters. The molecule has 1 aromatic carbocycles. The summed E-state index contributed by atoms with van der Waals surface area (Å²) in [5.41, 5.74) is 1.35. The zero-order valence-electron chi connectivity index (χ0n) is 8.54. The summed E-state index contributed by atoms with van der Waals surface area (Å²) in [6.45, 7) is 4.74. The first-order valence-electron chi connectivity index (χ1n) is 5.27. The van der Waals surface area contributed by atoms with Crippen molar-refractivity contribution in [2.24, 2.45) is 5.92 Å². The first-order chi connectivity index (χ1) is 6.77. The Hall–Kier alpha value is -0.500. The third-order valence-electron chi connectivity index (χ3n) is 2.98. The monoisotopic (exact) mass is 253 g/mol. The highest BCUT2D eigenvalue weighted by Gasteiger charge is 2.16. The minimum atomic E-state index is 0.897. The van der Waals surface area contributed by atoms with Crippen molar-refractivity contribution in [3.63, 3.8) is 0 Å². The van der Waals surface area contributed by atoms with E-state index in [4.69, 9.17) is 0 Å². The van der Waals surface area contributed by atoms with Crippen molar-refractivity contribution in [2.45, 2.75) is 19.8 Å². The second-order valence-electron chi connectivity index (χ2n) is 4.12. The summed E-state index contributed by atoms with van der Waals surface area (Å²) in [5, 5.41) is 0.